The maximum absolute atomic E-state index is 12.1. The van der Waals surface area contributed by atoms with E-state index in [2.05, 4.69) is 27.0 Å². The van der Waals surface area contributed by atoms with Gasteiger partial charge >= 0.3 is 0 Å². The first-order valence-corrected chi connectivity index (χ1v) is 10.0. The van der Waals surface area contributed by atoms with Crippen LogP contribution in [0.3, 0.4) is 0 Å². The number of methoxy groups -OCH3 is 1. The molecule has 1 aliphatic rings. The number of amides is 1. The van der Waals surface area contributed by atoms with Gasteiger partial charge in [0.05, 0.1) is 13.7 Å². The van der Waals surface area contributed by atoms with Crippen molar-refractivity contribution in [3.63, 3.8) is 0 Å². The van der Waals surface area contributed by atoms with Gasteiger partial charge in [-0.1, -0.05) is 35.9 Å². The highest BCUT2D eigenvalue weighted by atomic mass is 127. The lowest BCUT2D eigenvalue weighted by Gasteiger charge is -2.19. The summed E-state index contributed by atoms with van der Waals surface area (Å²) in [5.74, 6) is 1.31. The van der Waals surface area contributed by atoms with Gasteiger partial charge < -0.3 is 20.7 Å². The minimum atomic E-state index is -0.0975. The third-order valence-corrected chi connectivity index (χ3v) is 5.41. The number of halogens is 2. The molecule has 1 saturated carbocycles. The molecule has 2 aromatic rings. The van der Waals surface area contributed by atoms with Crippen molar-refractivity contribution >= 4 is 47.4 Å². The molecule has 8 heteroatoms. The van der Waals surface area contributed by atoms with E-state index >= 15 is 0 Å². The number of nitrogens with one attached hydrogen (secondary N) is 3. The summed E-state index contributed by atoms with van der Waals surface area (Å²) >= 11 is 6.14. The van der Waals surface area contributed by atoms with Gasteiger partial charge in [0.1, 0.15) is 5.75 Å². The smallest absolute Gasteiger partial charge is 0.239 e. The molecule has 2 aromatic carbocycles. The lowest BCUT2D eigenvalue weighted by molar-refractivity contribution is -0.120. The average Bonchev–Trinajstić information content (AvgIpc) is 3.54. The second kappa shape index (κ2) is 11.4. The standard InChI is InChI=1S/C22H27ClN4O2.HI/c1-24-21(27-15-22(10-11-22)17-4-3-5-18(23)12-17)26-14-20(28)25-13-16-6-8-19(29-2)9-7-16;/h3-9,12H,10-11,13-15H2,1-2H3,(H,25,28)(H2,24,26,27);1H. The van der Waals surface area contributed by atoms with Gasteiger partial charge in [-0.3, -0.25) is 9.79 Å². The van der Waals surface area contributed by atoms with Crippen LogP contribution in [-0.2, 0) is 16.8 Å². The number of nitrogens with zero attached hydrogens (tertiary/aromatic N) is 1. The number of hydrogen-bond acceptors (Lipinski definition) is 3. The zero-order chi connectivity index (χ0) is 20.7. The van der Waals surface area contributed by atoms with Crippen LogP contribution in [0.5, 0.6) is 5.75 Å². The molecule has 0 spiro atoms. The number of guanidine groups is 1. The molecule has 3 rings (SSSR count). The zero-order valence-corrected chi connectivity index (χ0v) is 20.3. The van der Waals surface area contributed by atoms with Gasteiger partial charge in [0, 0.05) is 30.6 Å². The van der Waals surface area contributed by atoms with Gasteiger partial charge in [-0.25, -0.2) is 0 Å². The Morgan fingerprint density at radius 2 is 1.87 bits per heavy atom. The molecular weight excluding hydrogens is 515 g/mol. The third-order valence-electron chi connectivity index (χ3n) is 5.17. The predicted octanol–water partition coefficient (Wildman–Crippen LogP) is 3.48. The second-order valence-electron chi connectivity index (χ2n) is 7.19. The Labute approximate surface area is 199 Å². The Morgan fingerprint density at radius 1 is 1.13 bits per heavy atom. The van der Waals surface area contributed by atoms with E-state index in [1.807, 2.05) is 42.5 Å². The molecule has 3 N–H and O–H groups in total. The topological polar surface area (TPSA) is 74.8 Å². The molecule has 0 aliphatic heterocycles. The molecule has 0 unspecified atom stereocenters. The molecule has 0 bridgehead atoms. The van der Waals surface area contributed by atoms with E-state index in [1.54, 1.807) is 14.2 Å². The summed E-state index contributed by atoms with van der Waals surface area (Å²) in [6.45, 7) is 1.37. The Hall–Kier alpha value is -2.00. The van der Waals surface area contributed by atoms with Crippen LogP contribution in [0.15, 0.2) is 53.5 Å². The van der Waals surface area contributed by atoms with Crippen molar-refractivity contribution in [2.75, 3.05) is 27.2 Å². The summed E-state index contributed by atoms with van der Waals surface area (Å²) in [6, 6.07) is 15.6. The number of benzene rings is 2. The van der Waals surface area contributed by atoms with Crippen LogP contribution in [0.1, 0.15) is 24.0 Å². The summed E-state index contributed by atoms with van der Waals surface area (Å²) in [4.78, 5) is 16.4. The summed E-state index contributed by atoms with van der Waals surface area (Å²) in [6.07, 6.45) is 2.22. The van der Waals surface area contributed by atoms with Crippen molar-refractivity contribution in [2.24, 2.45) is 4.99 Å². The highest BCUT2D eigenvalue weighted by Crippen LogP contribution is 2.48. The minimum absolute atomic E-state index is 0. The normalized spacial score (nSPS) is 14.3. The molecule has 0 atom stereocenters. The van der Waals surface area contributed by atoms with Crippen molar-refractivity contribution in [2.45, 2.75) is 24.8 Å². The molecular formula is C22H28ClIN4O2. The molecule has 30 heavy (non-hydrogen) atoms. The fourth-order valence-electron chi connectivity index (χ4n) is 3.18. The molecule has 1 amide bonds. The second-order valence-corrected chi connectivity index (χ2v) is 7.63. The van der Waals surface area contributed by atoms with E-state index in [9.17, 15) is 4.79 Å². The lowest BCUT2D eigenvalue weighted by atomic mass is 9.96. The molecule has 162 valence electrons. The highest BCUT2D eigenvalue weighted by Gasteiger charge is 2.44. The van der Waals surface area contributed by atoms with Crippen molar-refractivity contribution in [3.05, 3.63) is 64.7 Å². The van der Waals surface area contributed by atoms with E-state index in [1.165, 1.54) is 5.56 Å². The minimum Gasteiger partial charge on any atom is -0.497 e. The molecule has 1 fully saturated rings. The first-order valence-electron chi connectivity index (χ1n) is 9.65. The fourth-order valence-corrected chi connectivity index (χ4v) is 3.37. The first kappa shape index (κ1) is 24.3. The number of carbonyl (C=O) groups excluding carboxylic acids is 1. The lowest BCUT2D eigenvalue weighted by Crippen LogP contribution is -2.45. The Kier molecular flexibility index (Phi) is 9.23. The average molecular weight is 543 g/mol. The van der Waals surface area contributed by atoms with Crippen molar-refractivity contribution < 1.29 is 9.53 Å². The van der Waals surface area contributed by atoms with Crippen LogP contribution in [0, 0.1) is 0 Å². The Bertz CT molecular complexity index is 870. The van der Waals surface area contributed by atoms with E-state index in [0.29, 0.717) is 12.5 Å². The van der Waals surface area contributed by atoms with Gasteiger partial charge in [0.15, 0.2) is 5.96 Å². The van der Waals surface area contributed by atoms with Gasteiger partial charge in [-0.15, -0.1) is 24.0 Å². The Balaban J connectivity index is 0.00000320. The number of rotatable bonds is 8. The molecule has 0 aromatic heterocycles. The number of aliphatic imine (C=N–C) groups is 1. The van der Waals surface area contributed by atoms with Gasteiger partial charge in [0.25, 0.3) is 0 Å². The summed E-state index contributed by atoms with van der Waals surface area (Å²) in [5.41, 5.74) is 2.35. The van der Waals surface area contributed by atoms with E-state index in [4.69, 9.17) is 16.3 Å². The van der Waals surface area contributed by atoms with Crippen LogP contribution in [0.25, 0.3) is 0 Å². The SMILES string of the molecule is CN=C(NCC(=O)NCc1ccc(OC)cc1)NCC1(c2cccc(Cl)c2)CC1.I. The van der Waals surface area contributed by atoms with Gasteiger partial charge in [0.2, 0.25) is 5.91 Å². The summed E-state index contributed by atoms with van der Waals surface area (Å²) in [5, 5.41) is 10.0. The quantitative estimate of drug-likeness (QED) is 0.271. The van der Waals surface area contributed by atoms with Crippen molar-refractivity contribution in [1.82, 2.24) is 16.0 Å². The highest BCUT2D eigenvalue weighted by molar-refractivity contribution is 14.0. The van der Waals surface area contributed by atoms with Crippen LogP contribution in [0.2, 0.25) is 5.02 Å². The van der Waals surface area contributed by atoms with Crippen molar-refractivity contribution in [3.8, 4) is 5.75 Å². The van der Waals surface area contributed by atoms with Crippen LogP contribution in [-0.4, -0.2) is 39.1 Å². The van der Waals surface area contributed by atoms with Crippen molar-refractivity contribution in [1.29, 1.82) is 0 Å². The van der Waals surface area contributed by atoms with Crippen LogP contribution >= 0.6 is 35.6 Å². The maximum atomic E-state index is 12.1. The number of ether oxygens (including phenoxy) is 1. The largest absolute Gasteiger partial charge is 0.497 e. The molecule has 0 heterocycles. The molecule has 6 nitrogen and oxygen atoms in total. The summed E-state index contributed by atoms with van der Waals surface area (Å²) < 4.78 is 5.13. The van der Waals surface area contributed by atoms with E-state index in [0.717, 1.165) is 35.7 Å². The first-order chi connectivity index (χ1) is 14.0. The van der Waals surface area contributed by atoms with Gasteiger partial charge in [-0.05, 0) is 48.2 Å². The zero-order valence-electron chi connectivity index (χ0n) is 17.2. The third kappa shape index (κ3) is 6.77. The number of hydrogen-bond donors (Lipinski definition) is 3. The van der Waals surface area contributed by atoms with Gasteiger partial charge in [-0.2, -0.15) is 0 Å². The van der Waals surface area contributed by atoms with E-state index < -0.39 is 0 Å². The van der Waals surface area contributed by atoms with E-state index in [-0.39, 0.29) is 41.8 Å². The molecule has 0 saturated heterocycles. The number of carbonyl (C=O) groups is 1. The molecule has 0 radical (unpaired) electrons. The molecule has 1 aliphatic carbocycles. The van der Waals surface area contributed by atoms with Crippen LogP contribution < -0.4 is 20.7 Å². The predicted molar refractivity (Wildman–Crippen MR) is 132 cm³/mol. The monoisotopic (exact) mass is 542 g/mol. The summed E-state index contributed by atoms with van der Waals surface area (Å²) in [7, 11) is 3.33. The Morgan fingerprint density at radius 3 is 2.47 bits per heavy atom. The van der Waals surface area contributed by atoms with Crippen LogP contribution in [0.4, 0.5) is 0 Å². The maximum Gasteiger partial charge on any atom is 0.239 e. The fraction of sp³-hybridized carbons (Fsp3) is 0.364.